The van der Waals surface area contributed by atoms with Crippen LogP contribution < -0.4 is 19.7 Å². The van der Waals surface area contributed by atoms with Gasteiger partial charge < -0.3 is 19.7 Å². The normalized spacial score (nSPS) is 10.3. The van der Waals surface area contributed by atoms with Crippen molar-refractivity contribution >= 4 is 29.1 Å². The van der Waals surface area contributed by atoms with Gasteiger partial charge in [-0.3, -0.25) is 9.59 Å². The molecule has 2 rings (SSSR count). The summed E-state index contributed by atoms with van der Waals surface area (Å²) in [5, 5.41) is 3.36. The molecule has 0 fully saturated rings. The minimum atomic E-state index is -0.337. The van der Waals surface area contributed by atoms with Gasteiger partial charge in [0.25, 0.3) is 5.91 Å². The molecule has 0 radical (unpaired) electrons. The van der Waals surface area contributed by atoms with Crippen molar-refractivity contribution in [1.29, 1.82) is 0 Å². The van der Waals surface area contributed by atoms with Crippen LogP contribution in [0.15, 0.2) is 36.4 Å². The van der Waals surface area contributed by atoms with Gasteiger partial charge in [-0.15, -0.1) is 0 Å². The number of amides is 2. The monoisotopic (exact) mass is 390 g/mol. The van der Waals surface area contributed by atoms with Crippen molar-refractivity contribution in [2.45, 2.75) is 13.8 Å². The number of halogens is 1. The van der Waals surface area contributed by atoms with Crippen molar-refractivity contribution < 1.29 is 19.1 Å². The fourth-order valence-electron chi connectivity index (χ4n) is 2.77. The van der Waals surface area contributed by atoms with E-state index in [1.165, 1.54) is 21.1 Å². The van der Waals surface area contributed by atoms with Crippen molar-refractivity contribution in [3.63, 3.8) is 0 Å². The Bertz CT molecular complexity index is 816. The number of ether oxygens (including phenoxy) is 2. The highest BCUT2D eigenvalue weighted by molar-refractivity contribution is 6.31. The van der Waals surface area contributed by atoms with Gasteiger partial charge in [-0.1, -0.05) is 23.7 Å². The molecule has 144 valence electrons. The molecule has 2 aromatic carbocycles. The zero-order valence-corrected chi connectivity index (χ0v) is 16.6. The predicted octanol–water partition coefficient (Wildman–Crippen LogP) is 3.45. The van der Waals surface area contributed by atoms with E-state index in [1.807, 2.05) is 13.0 Å². The van der Waals surface area contributed by atoms with E-state index >= 15 is 0 Å². The van der Waals surface area contributed by atoms with E-state index in [0.717, 1.165) is 11.3 Å². The second kappa shape index (κ2) is 9.28. The Balaban J connectivity index is 2.13. The highest BCUT2D eigenvalue weighted by atomic mass is 35.5. The van der Waals surface area contributed by atoms with Crippen LogP contribution in [0.4, 0.5) is 5.69 Å². The molecule has 7 heteroatoms. The van der Waals surface area contributed by atoms with Crippen LogP contribution in [0.1, 0.15) is 22.8 Å². The molecule has 0 saturated carbocycles. The molecule has 0 aliphatic rings. The van der Waals surface area contributed by atoms with Crippen molar-refractivity contribution in [3.05, 3.63) is 52.5 Å². The standard InChI is InChI=1S/C20H23ClN2O4/c1-13-8-9-15(21)12-16(13)23(14(2)24)11-10-22-20(25)19-17(26-3)6-5-7-18(19)27-4/h5-9,12H,10-11H2,1-4H3,(H,22,25). The minimum Gasteiger partial charge on any atom is -0.496 e. The van der Waals surface area contributed by atoms with Gasteiger partial charge in [0.1, 0.15) is 17.1 Å². The summed E-state index contributed by atoms with van der Waals surface area (Å²) in [5.74, 6) is 0.363. The Kier molecular flexibility index (Phi) is 7.07. The van der Waals surface area contributed by atoms with Gasteiger partial charge in [0.05, 0.1) is 14.2 Å². The third-order valence-corrected chi connectivity index (χ3v) is 4.35. The lowest BCUT2D eigenvalue weighted by Crippen LogP contribution is -2.38. The Morgan fingerprint density at radius 1 is 1.11 bits per heavy atom. The number of aryl methyl sites for hydroxylation is 1. The van der Waals surface area contributed by atoms with Gasteiger partial charge >= 0.3 is 0 Å². The number of anilines is 1. The number of hydrogen-bond acceptors (Lipinski definition) is 4. The average Bonchev–Trinajstić information content (AvgIpc) is 2.66. The van der Waals surface area contributed by atoms with E-state index in [0.29, 0.717) is 28.6 Å². The smallest absolute Gasteiger partial charge is 0.258 e. The summed E-state index contributed by atoms with van der Waals surface area (Å²) in [6.07, 6.45) is 0. The summed E-state index contributed by atoms with van der Waals surface area (Å²) in [6.45, 7) is 3.94. The summed E-state index contributed by atoms with van der Waals surface area (Å²) in [6, 6.07) is 10.5. The number of benzene rings is 2. The van der Waals surface area contributed by atoms with Gasteiger partial charge in [-0.05, 0) is 36.8 Å². The molecule has 0 unspecified atom stereocenters. The first-order chi connectivity index (χ1) is 12.9. The molecule has 6 nitrogen and oxygen atoms in total. The van der Waals surface area contributed by atoms with Gasteiger partial charge in [0.2, 0.25) is 5.91 Å². The van der Waals surface area contributed by atoms with Gasteiger partial charge in [0, 0.05) is 30.7 Å². The van der Waals surface area contributed by atoms with E-state index in [2.05, 4.69) is 5.32 Å². The summed E-state index contributed by atoms with van der Waals surface area (Å²) in [4.78, 5) is 26.3. The summed E-state index contributed by atoms with van der Waals surface area (Å²) < 4.78 is 10.5. The molecular weight excluding hydrogens is 368 g/mol. The molecule has 0 aliphatic carbocycles. The number of carbonyl (C=O) groups is 2. The predicted molar refractivity (Wildman–Crippen MR) is 106 cm³/mol. The summed E-state index contributed by atoms with van der Waals surface area (Å²) in [7, 11) is 2.98. The molecular formula is C20H23ClN2O4. The average molecular weight is 391 g/mol. The molecule has 0 saturated heterocycles. The number of nitrogens with one attached hydrogen (secondary N) is 1. The Morgan fingerprint density at radius 2 is 1.74 bits per heavy atom. The van der Waals surface area contributed by atoms with Crippen molar-refractivity contribution in [3.8, 4) is 11.5 Å². The van der Waals surface area contributed by atoms with Crippen LogP contribution in [-0.4, -0.2) is 39.1 Å². The fraction of sp³-hybridized carbons (Fsp3) is 0.300. The lowest BCUT2D eigenvalue weighted by atomic mass is 10.1. The zero-order valence-electron chi connectivity index (χ0n) is 15.8. The minimum absolute atomic E-state index is 0.135. The molecule has 0 spiro atoms. The first-order valence-corrected chi connectivity index (χ1v) is 8.80. The van der Waals surface area contributed by atoms with Crippen LogP contribution in [0.3, 0.4) is 0 Å². The van der Waals surface area contributed by atoms with Crippen LogP contribution in [0.5, 0.6) is 11.5 Å². The van der Waals surface area contributed by atoms with Gasteiger partial charge in [0.15, 0.2) is 0 Å². The Hall–Kier alpha value is -2.73. The lowest BCUT2D eigenvalue weighted by molar-refractivity contribution is -0.116. The topological polar surface area (TPSA) is 67.9 Å². The van der Waals surface area contributed by atoms with Crippen LogP contribution in [0, 0.1) is 6.92 Å². The van der Waals surface area contributed by atoms with Crippen molar-refractivity contribution in [2.75, 3.05) is 32.2 Å². The highest BCUT2D eigenvalue weighted by Gasteiger charge is 2.19. The van der Waals surface area contributed by atoms with Crippen LogP contribution in [0.25, 0.3) is 0 Å². The van der Waals surface area contributed by atoms with Gasteiger partial charge in [-0.2, -0.15) is 0 Å². The molecule has 2 aromatic rings. The molecule has 1 N–H and O–H groups in total. The second-order valence-corrected chi connectivity index (χ2v) is 6.33. The maximum atomic E-state index is 12.6. The Labute approximate surface area is 164 Å². The maximum absolute atomic E-state index is 12.6. The molecule has 27 heavy (non-hydrogen) atoms. The van der Waals surface area contributed by atoms with Crippen LogP contribution in [-0.2, 0) is 4.79 Å². The van der Waals surface area contributed by atoms with E-state index < -0.39 is 0 Å². The maximum Gasteiger partial charge on any atom is 0.258 e. The lowest BCUT2D eigenvalue weighted by Gasteiger charge is -2.23. The first-order valence-electron chi connectivity index (χ1n) is 8.42. The SMILES string of the molecule is COc1cccc(OC)c1C(=O)NCCN(C(C)=O)c1cc(Cl)ccc1C. The summed E-state index contributed by atoms with van der Waals surface area (Å²) in [5.41, 5.74) is 1.96. The fourth-order valence-corrected chi connectivity index (χ4v) is 2.93. The third-order valence-electron chi connectivity index (χ3n) is 4.12. The van der Waals surface area contributed by atoms with E-state index in [9.17, 15) is 9.59 Å². The molecule has 0 aromatic heterocycles. The number of nitrogens with zero attached hydrogens (tertiary/aromatic N) is 1. The molecule has 0 atom stereocenters. The van der Waals surface area contributed by atoms with Gasteiger partial charge in [-0.25, -0.2) is 0 Å². The highest BCUT2D eigenvalue weighted by Crippen LogP contribution is 2.28. The molecule has 0 heterocycles. The quantitative estimate of drug-likeness (QED) is 0.786. The van der Waals surface area contributed by atoms with Crippen LogP contribution >= 0.6 is 11.6 Å². The molecule has 2 amide bonds. The zero-order chi connectivity index (χ0) is 20.0. The largest absolute Gasteiger partial charge is 0.496 e. The molecule has 0 bridgehead atoms. The number of rotatable bonds is 7. The van der Waals surface area contributed by atoms with E-state index in [-0.39, 0.29) is 18.4 Å². The number of methoxy groups -OCH3 is 2. The van der Waals surface area contributed by atoms with Crippen molar-refractivity contribution in [2.24, 2.45) is 0 Å². The number of hydrogen-bond donors (Lipinski definition) is 1. The Morgan fingerprint density at radius 3 is 2.30 bits per heavy atom. The second-order valence-electron chi connectivity index (χ2n) is 5.89. The third kappa shape index (κ3) is 4.92. The van der Waals surface area contributed by atoms with Crippen molar-refractivity contribution in [1.82, 2.24) is 5.32 Å². The van der Waals surface area contributed by atoms with E-state index in [4.69, 9.17) is 21.1 Å². The first kappa shape index (κ1) is 20.6. The molecule has 0 aliphatic heterocycles. The number of carbonyl (C=O) groups excluding carboxylic acids is 2. The van der Waals surface area contributed by atoms with Crippen LogP contribution in [0.2, 0.25) is 5.02 Å². The summed E-state index contributed by atoms with van der Waals surface area (Å²) >= 11 is 6.06. The van der Waals surface area contributed by atoms with E-state index in [1.54, 1.807) is 35.2 Å².